The molecule has 0 aliphatic carbocycles. The number of hydrogen-bond donors (Lipinski definition) is 2. The molecule has 0 aliphatic heterocycles. The number of hydrogen-bond acceptors (Lipinski definition) is 3. The largest absolute Gasteiger partial charge is 0.480 e. The van der Waals surface area contributed by atoms with Gasteiger partial charge in [0, 0.05) is 12.8 Å². The molecule has 1 atom stereocenters. The van der Waals surface area contributed by atoms with Gasteiger partial charge in [0.15, 0.2) is 0 Å². The van der Waals surface area contributed by atoms with Crippen LogP contribution < -0.4 is 5.32 Å². The zero-order valence-corrected chi connectivity index (χ0v) is 9.24. The first-order valence-corrected chi connectivity index (χ1v) is 4.84. The molecule has 0 saturated carbocycles. The summed E-state index contributed by atoms with van der Waals surface area (Å²) >= 11 is 0. The summed E-state index contributed by atoms with van der Waals surface area (Å²) in [6.45, 7) is 5.02. The Hall–Kier alpha value is -1.39. The Morgan fingerprint density at radius 2 is 1.73 bits per heavy atom. The van der Waals surface area contributed by atoms with Crippen LogP contribution in [0.2, 0.25) is 0 Å². The molecule has 86 valence electrons. The van der Waals surface area contributed by atoms with Crippen LogP contribution in [0, 0.1) is 5.92 Å². The minimum absolute atomic E-state index is 0.164. The molecule has 0 bridgehead atoms. The number of carbonyl (C=O) groups excluding carboxylic acids is 2. The number of rotatable bonds is 6. The molecule has 0 aliphatic rings. The van der Waals surface area contributed by atoms with Crippen LogP contribution >= 0.6 is 0 Å². The third-order valence-electron chi connectivity index (χ3n) is 1.72. The molecule has 0 saturated heterocycles. The highest BCUT2D eigenvalue weighted by atomic mass is 16.4. The normalized spacial score (nSPS) is 12.3. The fourth-order valence-corrected chi connectivity index (χ4v) is 1.11. The lowest BCUT2D eigenvalue weighted by Crippen LogP contribution is -2.42. The highest BCUT2D eigenvalue weighted by Crippen LogP contribution is 2.01. The molecule has 2 N–H and O–H groups in total. The molecule has 5 heteroatoms. The lowest BCUT2D eigenvalue weighted by Gasteiger charge is -2.13. The zero-order valence-electron chi connectivity index (χ0n) is 9.24. The molecule has 0 aromatic heterocycles. The molecule has 0 spiro atoms. The average molecular weight is 215 g/mol. The summed E-state index contributed by atoms with van der Waals surface area (Å²) in [5, 5.41) is 11.1. The van der Waals surface area contributed by atoms with Gasteiger partial charge in [-0.2, -0.15) is 0 Å². The first kappa shape index (κ1) is 13.6. The van der Waals surface area contributed by atoms with Gasteiger partial charge in [0.1, 0.15) is 11.8 Å². The summed E-state index contributed by atoms with van der Waals surface area (Å²) in [6, 6.07) is -1.10. The molecular formula is C10H17NO4. The standard InChI is InChI=1S/C10H17NO4/c1-6(2)4-9(13)11-8(10(14)15)5-7(3)12/h6,8H,4-5H2,1-3H3,(H,11,13)(H,14,15). The smallest absolute Gasteiger partial charge is 0.326 e. The molecule has 0 aromatic rings. The number of aliphatic carboxylic acids is 1. The van der Waals surface area contributed by atoms with Crippen LogP contribution in [0.25, 0.3) is 0 Å². The van der Waals surface area contributed by atoms with Gasteiger partial charge < -0.3 is 10.4 Å². The average Bonchev–Trinajstić information content (AvgIpc) is 1.99. The highest BCUT2D eigenvalue weighted by Gasteiger charge is 2.21. The van der Waals surface area contributed by atoms with E-state index in [0.717, 1.165) is 0 Å². The number of Topliss-reactive ketones (excluding diaryl/α,β-unsaturated/α-hetero) is 1. The van der Waals surface area contributed by atoms with Gasteiger partial charge in [-0.3, -0.25) is 9.59 Å². The summed E-state index contributed by atoms with van der Waals surface area (Å²) in [6.07, 6.45) is 0.0981. The van der Waals surface area contributed by atoms with Crippen LogP contribution in [-0.4, -0.2) is 28.8 Å². The maximum absolute atomic E-state index is 11.3. The predicted molar refractivity (Wildman–Crippen MR) is 54.3 cm³/mol. The van der Waals surface area contributed by atoms with Gasteiger partial charge in [-0.1, -0.05) is 13.8 Å². The van der Waals surface area contributed by atoms with Crippen molar-refractivity contribution in [2.75, 3.05) is 0 Å². The molecule has 1 unspecified atom stereocenters. The number of amides is 1. The fraction of sp³-hybridized carbons (Fsp3) is 0.700. The van der Waals surface area contributed by atoms with E-state index in [-0.39, 0.29) is 30.4 Å². The first-order valence-electron chi connectivity index (χ1n) is 4.84. The monoisotopic (exact) mass is 215 g/mol. The van der Waals surface area contributed by atoms with Crippen LogP contribution in [0.4, 0.5) is 0 Å². The van der Waals surface area contributed by atoms with Crippen molar-refractivity contribution < 1.29 is 19.5 Å². The Morgan fingerprint density at radius 1 is 1.20 bits per heavy atom. The highest BCUT2D eigenvalue weighted by molar-refractivity contribution is 5.88. The Labute approximate surface area is 88.9 Å². The van der Waals surface area contributed by atoms with E-state index in [0.29, 0.717) is 0 Å². The van der Waals surface area contributed by atoms with Crippen LogP contribution in [0.5, 0.6) is 0 Å². The molecule has 0 heterocycles. The number of nitrogens with one attached hydrogen (secondary N) is 1. The van der Waals surface area contributed by atoms with E-state index in [1.54, 1.807) is 0 Å². The number of carbonyl (C=O) groups is 3. The van der Waals surface area contributed by atoms with E-state index < -0.39 is 12.0 Å². The molecule has 5 nitrogen and oxygen atoms in total. The third kappa shape index (κ3) is 6.65. The first-order chi connectivity index (χ1) is 6.82. The summed E-state index contributed by atoms with van der Waals surface area (Å²) in [5.74, 6) is -1.61. The number of carboxylic acid groups (broad SMARTS) is 1. The summed E-state index contributed by atoms with van der Waals surface area (Å²) in [5.41, 5.74) is 0. The van der Waals surface area contributed by atoms with Crippen LogP contribution in [-0.2, 0) is 14.4 Å². The van der Waals surface area contributed by atoms with Gasteiger partial charge in [0.05, 0.1) is 0 Å². The SMILES string of the molecule is CC(=O)CC(NC(=O)CC(C)C)C(=O)O. The topological polar surface area (TPSA) is 83.5 Å². The second-order valence-electron chi connectivity index (χ2n) is 3.96. The number of ketones is 1. The van der Waals surface area contributed by atoms with Crippen molar-refractivity contribution in [1.29, 1.82) is 0 Å². The van der Waals surface area contributed by atoms with Crippen molar-refractivity contribution in [1.82, 2.24) is 5.32 Å². The predicted octanol–water partition coefficient (Wildman–Crippen LogP) is 0.581. The molecule has 0 fully saturated rings. The van der Waals surface area contributed by atoms with Crippen LogP contribution in [0.3, 0.4) is 0 Å². The van der Waals surface area contributed by atoms with E-state index in [4.69, 9.17) is 5.11 Å². The van der Waals surface area contributed by atoms with E-state index in [1.807, 2.05) is 13.8 Å². The van der Waals surface area contributed by atoms with E-state index in [9.17, 15) is 14.4 Å². The van der Waals surface area contributed by atoms with E-state index >= 15 is 0 Å². The van der Waals surface area contributed by atoms with Gasteiger partial charge in [-0.05, 0) is 12.8 Å². The van der Waals surface area contributed by atoms with E-state index in [1.165, 1.54) is 6.92 Å². The van der Waals surface area contributed by atoms with Crippen LogP contribution in [0.15, 0.2) is 0 Å². The maximum Gasteiger partial charge on any atom is 0.326 e. The Bertz CT molecular complexity index is 260. The van der Waals surface area contributed by atoms with Crippen molar-refractivity contribution in [2.24, 2.45) is 5.92 Å². The summed E-state index contributed by atoms with van der Waals surface area (Å²) < 4.78 is 0. The van der Waals surface area contributed by atoms with Crippen molar-refractivity contribution in [3.63, 3.8) is 0 Å². The Kier molecular flexibility index (Phi) is 5.59. The third-order valence-corrected chi connectivity index (χ3v) is 1.72. The van der Waals surface area contributed by atoms with Crippen molar-refractivity contribution in [3.8, 4) is 0 Å². The second kappa shape index (κ2) is 6.16. The minimum atomic E-state index is -1.18. The van der Waals surface area contributed by atoms with Gasteiger partial charge in [-0.25, -0.2) is 4.79 Å². The summed E-state index contributed by atoms with van der Waals surface area (Å²) in [4.78, 5) is 32.7. The minimum Gasteiger partial charge on any atom is -0.480 e. The van der Waals surface area contributed by atoms with Crippen molar-refractivity contribution in [3.05, 3.63) is 0 Å². The van der Waals surface area contributed by atoms with Gasteiger partial charge in [0.2, 0.25) is 5.91 Å². The Morgan fingerprint density at radius 3 is 2.07 bits per heavy atom. The quantitative estimate of drug-likeness (QED) is 0.679. The lowest BCUT2D eigenvalue weighted by atomic mass is 10.1. The Balaban J connectivity index is 4.22. The molecule has 1 amide bonds. The van der Waals surface area contributed by atoms with Gasteiger partial charge >= 0.3 is 5.97 Å². The van der Waals surface area contributed by atoms with E-state index in [2.05, 4.69) is 5.32 Å². The zero-order chi connectivity index (χ0) is 12.0. The molecule has 15 heavy (non-hydrogen) atoms. The molecule has 0 radical (unpaired) electrons. The van der Waals surface area contributed by atoms with Gasteiger partial charge in [0.25, 0.3) is 0 Å². The van der Waals surface area contributed by atoms with Crippen molar-refractivity contribution in [2.45, 2.75) is 39.7 Å². The second-order valence-corrected chi connectivity index (χ2v) is 3.96. The van der Waals surface area contributed by atoms with Gasteiger partial charge in [-0.15, -0.1) is 0 Å². The van der Waals surface area contributed by atoms with Crippen molar-refractivity contribution >= 4 is 17.7 Å². The molecule has 0 aromatic carbocycles. The number of carboxylic acids is 1. The maximum atomic E-state index is 11.3. The van der Waals surface area contributed by atoms with Crippen LogP contribution in [0.1, 0.15) is 33.6 Å². The lowest BCUT2D eigenvalue weighted by molar-refractivity contribution is -0.143. The summed E-state index contributed by atoms with van der Waals surface area (Å²) in [7, 11) is 0. The molecule has 0 rings (SSSR count). The fourth-order valence-electron chi connectivity index (χ4n) is 1.11. The molecular weight excluding hydrogens is 198 g/mol.